The van der Waals surface area contributed by atoms with Gasteiger partial charge in [-0.3, -0.25) is 9.69 Å². The second kappa shape index (κ2) is 7.24. The van der Waals surface area contributed by atoms with Crippen LogP contribution in [0.1, 0.15) is 32.1 Å². The number of nitrogens with zero attached hydrogens (tertiary/aromatic N) is 3. The summed E-state index contributed by atoms with van der Waals surface area (Å²) in [6.45, 7) is 4.68. The van der Waals surface area contributed by atoms with Gasteiger partial charge in [-0.05, 0) is 12.8 Å². The van der Waals surface area contributed by atoms with Crippen molar-refractivity contribution in [2.45, 2.75) is 44.2 Å². The van der Waals surface area contributed by atoms with Crippen LogP contribution in [0.4, 0.5) is 0 Å². The van der Waals surface area contributed by atoms with Crippen molar-refractivity contribution in [3.8, 4) is 0 Å². The molecule has 2 fully saturated rings. The van der Waals surface area contributed by atoms with Gasteiger partial charge in [-0.15, -0.1) is 0 Å². The fourth-order valence-electron chi connectivity index (χ4n) is 3.72. The van der Waals surface area contributed by atoms with Crippen LogP contribution in [0.25, 0.3) is 0 Å². The molecule has 6 nitrogen and oxygen atoms in total. The molecule has 2 heterocycles. The third-order valence-electron chi connectivity index (χ3n) is 4.97. The molecule has 0 unspecified atom stereocenters. The van der Waals surface area contributed by atoms with Crippen molar-refractivity contribution in [1.82, 2.24) is 19.8 Å². The van der Waals surface area contributed by atoms with Crippen LogP contribution in [0.2, 0.25) is 0 Å². The number of hydrogen-bond donors (Lipinski definition) is 1. The standard InChI is InChI=1S/C16H26N4O2/c21-15(12-19-7-6-17-14-19)18-13-16(4-2-1-3-5-16)20-8-10-22-11-9-20/h6-7,14H,1-5,8-13H2,(H,18,21). The summed E-state index contributed by atoms with van der Waals surface area (Å²) in [6, 6.07) is 0. The van der Waals surface area contributed by atoms with Gasteiger partial charge in [0.15, 0.2) is 0 Å². The predicted octanol–water partition coefficient (Wildman–Crippen LogP) is 1.03. The molecule has 22 heavy (non-hydrogen) atoms. The molecule has 1 saturated carbocycles. The molecular weight excluding hydrogens is 280 g/mol. The fraction of sp³-hybridized carbons (Fsp3) is 0.750. The maximum atomic E-state index is 12.2. The summed E-state index contributed by atoms with van der Waals surface area (Å²) >= 11 is 0. The van der Waals surface area contributed by atoms with Crippen molar-refractivity contribution >= 4 is 5.91 Å². The van der Waals surface area contributed by atoms with E-state index in [2.05, 4.69) is 15.2 Å². The largest absolute Gasteiger partial charge is 0.379 e. The molecule has 122 valence electrons. The minimum Gasteiger partial charge on any atom is -0.379 e. The molecule has 3 rings (SSSR count). The Kier molecular flexibility index (Phi) is 5.10. The predicted molar refractivity (Wildman–Crippen MR) is 83.4 cm³/mol. The quantitative estimate of drug-likeness (QED) is 0.883. The van der Waals surface area contributed by atoms with Crippen LogP contribution < -0.4 is 5.32 Å². The number of nitrogens with one attached hydrogen (secondary N) is 1. The van der Waals surface area contributed by atoms with Crippen LogP contribution in [0.5, 0.6) is 0 Å². The molecule has 1 N–H and O–H groups in total. The van der Waals surface area contributed by atoms with Gasteiger partial charge in [-0.2, -0.15) is 0 Å². The molecule has 1 aliphatic carbocycles. The number of aromatic nitrogens is 2. The molecule has 1 aromatic rings. The van der Waals surface area contributed by atoms with Gasteiger partial charge in [0.2, 0.25) is 5.91 Å². The highest BCUT2D eigenvalue weighted by molar-refractivity contribution is 5.75. The zero-order valence-corrected chi connectivity index (χ0v) is 13.2. The number of rotatable bonds is 5. The normalized spacial score (nSPS) is 22.4. The molecule has 1 aliphatic heterocycles. The molecular formula is C16H26N4O2. The Labute approximate surface area is 131 Å². The molecule has 6 heteroatoms. The maximum absolute atomic E-state index is 12.2. The Bertz CT molecular complexity index is 463. The number of carbonyl (C=O) groups is 1. The van der Waals surface area contributed by atoms with Crippen molar-refractivity contribution < 1.29 is 9.53 Å². The maximum Gasteiger partial charge on any atom is 0.240 e. The summed E-state index contributed by atoms with van der Waals surface area (Å²) in [6.07, 6.45) is 11.4. The van der Waals surface area contributed by atoms with Crippen LogP contribution in [-0.2, 0) is 16.1 Å². The van der Waals surface area contributed by atoms with E-state index in [-0.39, 0.29) is 11.4 Å². The number of ether oxygens (including phenoxy) is 1. The van der Waals surface area contributed by atoms with E-state index in [1.54, 1.807) is 17.1 Å². The molecule has 1 aromatic heterocycles. The molecule has 0 atom stereocenters. The van der Waals surface area contributed by atoms with E-state index < -0.39 is 0 Å². The highest BCUT2D eigenvalue weighted by Gasteiger charge is 2.38. The van der Waals surface area contributed by atoms with Gasteiger partial charge in [-0.1, -0.05) is 19.3 Å². The SMILES string of the molecule is O=C(Cn1ccnc1)NCC1(N2CCOCC2)CCCCC1. The summed E-state index contributed by atoms with van der Waals surface area (Å²) in [5, 5.41) is 3.16. The van der Waals surface area contributed by atoms with E-state index in [9.17, 15) is 4.79 Å². The van der Waals surface area contributed by atoms with Gasteiger partial charge in [0.1, 0.15) is 6.54 Å². The zero-order valence-electron chi connectivity index (χ0n) is 13.2. The van der Waals surface area contributed by atoms with Crippen LogP contribution in [0.15, 0.2) is 18.7 Å². The summed E-state index contributed by atoms with van der Waals surface area (Å²) in [4.78, 5) is 18.7. The average molecular weight is 306 g/mol. The van der Waals surface area contributed by atoms with E-state index in [0.29, 0.717) is 6.54 Å². The Balaban J connectivity index is 1.58. The lowest BCUT2D eigenvalue weighted by molar-refractivity contribution is -0.123. The number of morpholine rings is 1. The second-order valence-electron chi connectivity index (χ2n) is 6.40. The Morgan fingerprint density at radius 3 is 2.68 bits per heavy atom. The summed E-state index contributed by atoms with van der Waals surface area (Å²) in [7, 11) is 0. The highest BCUT2D eigenvalue weighted by Crippen LogP contribution is 2.33. The second-order valence-corrected chi connectivity index (χ2v) is 6.40. The fourth-order valence-corrected chi connectivity index (χ4v) is 3.72. The Morgan fingerprint density at radius 2 is 2.00 bits per heavy atom. The van der Waals surface area contributed by atoms with E-state index in [4.69, 9.17) is 4.74 Å². The third kappa shape index (κ3) is 3.67. The van der Waals surface area contributed by atoms with Crippen molar-refractivity contribution in [3.05, 3.63) is 18.7 Å². The number of carbonyl (C=O) groups excluding carboxylic acids is 1. The first kappa shape index (κ1) is 15.5. The van der Waals surface area contributed by atoms with Gasteiger partial charge >= 0.3 is 0 Å². The number of imidazole rings is 1. The lowest BCUT2D eigenvalue weighted by Crippen LogP contribution is -2.59. The third-order valence-corrected chi connectivity index (χ3v) is 4.97. The highest BCUT2D eigenvalue weighted by atomic mass is 16.5. The van der Waals surface area contributed by atoms with E-state index in [1.165, 1.54) is 32.1 Å². The molecule has 0 spiro atoms. The monoisotopic (exact) mass is 306 g/mol. The van der Waals surface area contributed by atoms with Crippen LogP contribution >= 0.6 is 0 Å². The summed E-state index contributed by atoms with van der Waals surface area (Å²) in [5.74, 6) is 0.0659. The molecule has 0 radical (unpaired) electrons. The first-order valence-electron chi connectivity index (χ1n) is 8.34. The van der Waals surface area contributed by atoms with E-state index in [1.807, 2.05) is 6.20 Å². The summed E-state index contributed by atoms with van der Waals surface area (Å²) < 4.78 is 7.30. The topological polar surface area (TPSA) is 59.4 Å². The lowest BCUT2D eigenvalue weighted by atomic mass is 9.79. The van der Waals surface area contributed by atoms with Crippen molar-refractivity contribution in [2.75, 3.05) is 32.8 Å². The molecule has 0 aromatic carbocycles. The lowest BCUT2D eigenvalue weighted by Gasteiger charge is -2.48. The van der Waals surface area contributed by atoms with Gasteiger partial charge in [-0.25, -0.2) is 4.98 Å². The van der Waals surface area contributed by atoms with Crippen molar-refractivity contribution in [1.29, 1.82) is 0 Å². The average Bonchev–Trinajstić information content (AvgIpc) is 3.08. The number of amides is 1. The molecule has 2 aliphatic rings. The number of hydrogen-bond acceptors (Lipinski definition) is 4. The first-order valence-corrected chi connectivity index (χ1v) is 8.34. The minimum atomic E-state index is 0.0659. The van der Waals surface area contributed by atoms with Gasteiger partial charge in [0.05, 0.1) is 19.5 Å². The van der Waals surface area contributed by atoms with E-state index in [0.717, 1.165) is 32.8 Å². The first-order chi connectivity index (χ1) is 10.8. The van der Waals surface area contributed by atoms with Crippen molar-refractivity contribution in [2.24, 2.45) is 0 Å². The smallest absolute Gasteiger partial charge is 0.240 e. The molecule has 1 saturated heterocycles. The Hall–Kier alpha value is -1.40. The summed E-state index contributed by atoms with van der Waals surface area (Å²) in [5.41, 5.74) is 0.132. The molecule has 1 amide bonds. The van der Waals surface area contributed by atoms with Gasteiger partial charge in [0, 0.05) is 37.6 Å². The van der Waals surface area contributed by atoms with Crippen LogP contribution in [0.3, 0.4) is 0 Å². The molecule has 0 bridgehead atoms. The van der Waals surface area contributed by atoms with Crippen LogP contribution in [-0.4, -0.2) is 58.7 Å². The Morgan fingerprint density at radius 1 is 1.23 bits per heavy atom. The van der Waals surface area contributed by atoms with Crippen molar-refractivity contribution in [3.63, 3.8) is 0 Å². The van der Waals surface area contributed by atoms with E-state index >= 15 is 0 Å². The van der Waals surface area contributed by atoms with Crippen LogP contribution in [0, 0.1) is 0 Å². The van der Waals surface area contributed by atoms with Gasteiger partial charge < -0.3 is 14.6 Å². The van der Waals surface area contributed by atoms with Gasteiger partial charge in [0.25, 0.3) is 0 Å². The zero-order chi connectivity index (χ0) is 15.3. The minimum absolute atomic E-state index is 0.0659.